The molecular formula is C22H31N5O. The third-order valence-electron chi connectivity index (χ3n) is 5.01. The van der Waals surface area contributed by atoms with Crippen LogP contribution in [0.1, 0.15) is 30.8 Å². The maximum atomic E-state index is 5.52. The third kappa shape index (κ3) is 3.83. The Morgan fingerprint density at radius 2 is 1.68 bits per heavy atom. The lowest BCUT2D eigenvalue weighted by Gasteiger charge is -2.29. The maximum Gasteiger partial charge on any atom is 0.158 e. The number of nitrogens with zero attached hydrogens (tertiary/aromatic N) is 4. The fraction of sp³-hybridized carbons (Fsp3) is 0.455. The van der Waals surface area contributed by atoms with Crippen molar-refractivity contribution >= 4 is 17.2 Å². The van der Waals surface area contributed by atoms with Crippen LogP contribution in [0.2, 0.25) is 0 Å². The monoisotopic (exact) mass is 381 g/mol. The molecule has 0 atom stereocenters. The van der Waals surface area contributed by atoms with Crippen LogP contribution in [-0.4, -0.2) is 47.9 Å². The molecule has 0 unspecified atom stereocenters. The summed E-state index contributed by atoms with van der Waals surface area (Å²) in [4.78, 5) is 6.95. The third-order valence-corrected chi connectivity index (χ3v) is 5.01. The Kier molecular flexibility index (Phi) is 6.19. The number of nitrogens with one attached hydrogen (secondary N) is 1. The Bertz CT molecular complexity index is 957. The van der Waals surface area contributed by atoms with Crippen LogP contribution in [0.4, 0.5) is 11.5 Å². The van der Waals surface area contributed by atoms with Crippen LogP contribution in [0.5, 0.6) is 0 Å². The molecule has 4 rings (SSSR count). The summed E-state index contributed by atoms with van der Waals surface area (Å²) in [6.45, 7) is 13.5. The molecule has 0 bridgehead atoms. The molecule has 3 aromatic rings. The smallest absolute Gasteiger partial charge is 0.158 e. The van der Waals surface area contributed by atoms with E-state index in [4.69, 9.17) is 4.74 Å². The summed E-state index contributed by atoms with van der Waals surface area (Å²) >= 11 is 0. The number of benzene rings is 1. The van der Waals surface area contributed by atoms with Gasteiger partial charge in [-0.25, -0.2) is 4.98 Å². The Balaban J connectivity index is 0.00000109. The molecular weight excluding hydrogens is 350 g/mol. The van der Waals surface area contributed by atoms with E-state index < -0.39 is 0 Å². The second-order valence-electron chi connectivity index (χ2n) is 6.86. The van der Waals surface area contributed by atoms with Crippen LogP contribution in [0, 0.1) is 20.8 Å². The van der Waals surface area contributed by atoms with E-state index in [9.17, 15) is 0 Å². The van der Waals surface area contributed by atoms with Crippen molar-refractivity contribution in [2.24, 2.45) is 0 Å². The predicted octanol–water partition coefficient (Wildman–Crippen LogP) is 4.23. The molecule has 150 valence electrons. The molecule has 3 heterocycles. The Morgan fingerprint density at radius 1 is 0.964 bits per heavy atom. The highest BCUT2D eigenvalue weighted by Crippen LogP contribution is 2.32. The Morgan fingerprint density at radius 3 is 2.36 bits per heavy atom. The van der Waals surface area contributed by atoms with E-state index in [1.807, 2.05) is 32.3 Å². The van der Waals surface area contributed by atoms with Gasteiger partial charge in [-0.15, -0.1) is 5.10 Å². The maximum absolute atomic E-state index is 5.52. The highest BCUT2D eigenvalue weighted by atomic mass is 16.5. The summed E-state index contributed by atoms with van der Waals surface area (Å²) < 4.78 is 7.47. The number of hydrogen-bond acceptors (Lipinski definition) is 5. The summed E-state index contributed by atoms with van der Waals surface area (Å²) in [7, 11) is 1.96. The number of aryl methyl sites for hydroxylation is 3. The molecule has 0 saturated carbocycles. The van der Waals surface area contributed by atoms with Crippen molar-refractivity contribution < 1.29 is 4.74 Å². The van der Waals surface area contributed by atoms with E-state index in [0.717, 1.165) is 49.3 Å². The van der Waals surface area contributed by atoms with E-state index in [2.05, 4.69) is 58.4 Å². The van der Waals surface area contributed by atoms with Crippen molar-refractivity contribution in [3.8, 4) is 11.1 Å². The minimum absolute atomic E-state index is 0.743. The van der Waals surface area contributed by atoms with Crippen molar-refractivity contribution in [3.05, 3.63) is 41.2 Å². The number of anilines is 2. The summed E-state index contributed by atoms with van der Waals surface area (Å²) in [6.07, 6.45) is 0. The number of aromatic nitrogens is 3. The SMILES string of the molecule is CC.CNc1cc(-c2cc(N3CCOCC3)n3nc(C)nc3c2)c(C)cc1C. The van der Waals surface area contributed by atoms with E-state index in [-0.39, 0.29) is 0 Å². The average molecular weight is 382 g/mol. The molecule has 1 N–H and O–H groups in total. The Labute approximate surface area is 167 Å². The second kappa shape index (κ2) is 8.61. The first-order chi connectivity index (χ1) is 13.6. The van der Waals surface area contributed by atoms with Crippen LogP contribution < -0.4 is 10.2 Å². The molecule has 0 aliphatic carbocycles. The fourth-order valence-electron chi connectivity index (χ4n) is 3.68. The average Bonchev–Trinajstić information content (AvgIpc) is 3.09. The van der Waals surface area contributed by atoms with Crippen molar-refractivity contribution in [1.29, 1.82) is 0 Å². The first-order valence-electron chi connectivity index (χ1n) is 10.1. The lowest BCUT2D eigenvalue weighted by atomic mass is 9.97. The molecule has 1 fully saturated rings. The standard InChI is InChI=1S/C20H25N5O.C2H6/c1-13-9-14(2)18(21-4)12-17(13)16-10-19-22-15(3)23-25(19)20(11-16)24-5-7-26-8-6-24;1-2/h9-12,21H,5-8H2,1-4H3;1-2H3. The summed E-state index contributed by atoms with van der Waals surface area (Å²) in [5, 5.41) is 7.90. The zero-order chi connectivity index (χ0) is 20.3. The molecule has 1 aliphatic rings. The van der Waals surface area contributed by atoms with Gasteiger partial charge in [0.15, 0.2) is 5.65 Å². The number of hydrogen-bond donors (Lipinski definition) is 1. The molecule has 6 nitrogen and oxygen atoms in total. The molecule has 1 aromatic carbocycles. The van der Waals surface area contributed by atoms with Gasteiger partial charge in [0.25, 0.3) is 0 Å². The van der Waals surface area contributed by atoms with Gasteiger partial charge in [-0.1, -0.05) is 19.9 Å². The molecule has 0 amide bonds. The van der Waals surface area contributed by atoms with Gasteiger partial charge < -0.3 is 15.0 Å². The first kappa shape index (κ1) is 20.1. The van der Waals surface area contributed by atoms with Crippen LogP contribution in [0.3, 0.4) is 0 Å². The Hall–Kier alpha value is -2.60. The van der Waals surface area contributed by atoms with E-state index in [0.29, 0.717) is 0 Å². The van der Waals surface area contributed by atoms with Crippen LogP contribution >= 0.6 is 0 Å². The molecule has 0 radical (unpaired) electrons. The van der Waals surface area contributed by atoms with Crippen molar-refractivity contribution in [1.82, 2.24) is 14.6 Å². The lowest BCUT2D eigenvalue weighted by molar-refractivity contribution is 0.122. The van der Waals surface area contributed by atoms with Gasteiger partial charge in [-0.3, -0.25) is 0 Å². The molecule has 0 spiro atoms. The van der Waals surface area contributed by atoms with Crippen molar-refractivity contribution in [2.75, 3.05) is 43.6 Å². The molecule has 28 heavy (non-hydrogen) atoms. The van der Waals surface area contributed by atoms with E-state index in [1.54, 1.807) is 0 Å². The molecule has 1 saturated heterocycles. The topological polar surface area (TPSA) is 54.7 Å². The normalized spacial score (nSPS) is 14.0. The van der Waals surface area contributed by atoms with Crippen LogP contribution in [-0.2, 0) is 4.74 Å². The number of pyridine rings is 1. The van der Waals surface area contributed by atoms with Crippen molar-refractivity contribution in [2.45, 2.75) is 34.6 Å². The second-order valence-corrected chi connectivity index (χ2v) is 6.86. The van der Waals surface area contributed by atoms with Crippen molar-refractivity contribution in [3.63, 3.8) is 0 Å². The van der Waals surface area contributed by atoms with Gasteiger partial charge in [0, 0.05) is 25.8 Å². The van der Waals surface area contributed by atoms with Gasteiger partial charge in [0.2, 0.25) is 0 Å². The fourth-order valence-corrected chi connectivity index (χ4v) is 3.68. The molecule has 2 aromatic heterocycles. The summed E-state index contributed by atoms with van der Waals surface area (Å²) in [5.74, 6) is 1.86. The highest BCUT2D eigenvalue weighted by Gasteiger charge is 2.18. The molecule has 1 aliphatic heterocycles. The number of morpholine rings is 1. The summed E-state index contributed by atoms with van der Waals surface area (Å²) in [5.41, 5.74) is 6.93. The predicted molar refractivity (Wildman–Crippen MR) is 117 cm³/mol. The number of rotatable bonds is 3. The van der Waals surface area contributed by atoms with Gasteiger partial charge in [-0.05, 0) is 61.2 Å². The van der Waals surface area contributed by atoms with Gasteiger partial charge in [-0.2, -0.15) is 4.52 Å². The number of ether oxygens (including phenoxy) is 1. The highest BCUT2D eigenvalue weighted by molar-refractivity contribution is 5.77. The summed E-state index contributed by atoms with van der Waals surface area (Å²) in [6, 6.07) is 8.81. The molecule has 6 heteroatoms. The van der Waals surface area contributed by atoms with Gasteiger partial charge >= 0.3 is 0 Å². The van der Waals surface area contributed by atoms with Crippen LogP contribution in [0.15, 0.2) is 24.3 Å². The van der Waals surface area contributed by atoms with Crippen LogP contribution in [0.25, 0.3) is 16.8 Å². The largest absolute Gasteiger partial charge is 0.388 e. The van der Waals surface area contributed by atoms with E-state index >= 15 is 0 Å². The quantitative estimate of drug-likeness (QED) is 0.736. The minimum atomic E-state index is 0.743. The zero-order valence-corrected chi connectivity index (χ0v) is 17.8. The number of fused-ring (bicyclic) bond motifs is 1. The van der Waals surface area contributed by atoms with Gasteiger partial charge in [0.1, 0.15) is 11.6 Å². The van der Waals surface area contributed by atoms with Gasteiger partial charge in [0.05, 0.1) is 13.2 Å². The lowest BCUT2D eigenvalue weighted by Crippen LogP contribution is -2.37. The first-order valence-corrected chi connectivity index (χ1v) is 10.1. The minimum Gasteiger partial charge on any atom is -0.388 e. The van der Waals surface area contributed by atoms with E-state index in [1.165, 1.54) is 22.3 Å². The zero-order valence-electron chi connectivity index (χ0n) is 17.8.